The fourth-order valence-electron chi connectivity index (χ4n) is 3.04. The second kappa shape index (κ2) is 5.41. The van der Waals surface area contributed by atoms with Gasteiger partial charge in [-0.15, -0.1) is 15.3 Å². The Hall–Kier alpha value is -1.74. The van der Waals surface area contributed by atoms with Crippen LogP contribution in [0.1, 0.15) is 31.0 Å². The number of sulfonamides is 1. The molecule has 1 N–H and O–H groups in total. The fourth-order valence-corrected chi connectivity index (χ4v) is 3.58. The van der Waals surface area contributed by atoms with Crippen LogP contribution in [-0.2, 0) is 10.0 Å². The molecule has 23 heavy (non-hydrogen) atoms. The van der Waals surface area contributed by atoms with E-state index < -0.39 is 10.0 Å². The van der Waals surface area contributed by atoms with Crippen molar-refractivity contribution >= 4 is 21.5 Å². The molecule has 9 heteroatoms. The van der Waals surface area contributed by atoms with Crippen molar-refractivity contribution in [1.82, 2.24) is 24.5 Å². The number of fused-ring (bicyclic) bond motifs is 1. The summed E-state index contributed by atoms with van der Waals surface area (Å²) in [4.78, 5) is 2.15. The van der Waals surface area contributed by atoms with Crippen molar-refractivity contribution in [3.05, 3.63) is 18.0 Å². The Morgan fingerprint density at radius 1 is 1.26 bits per heavy atom. The summed E-state index contributed by atoms with van der Waals surface area (Å²) in [6.45, 7) is 2.10. The molecule has 0 unspecified atom stereocenters. The van der Waals surface area contributed by atoms with E-state index in [1.54, 1.807) is 0 Å². The SMILES string of the molecule is CS(=O)(=O)NCC1CN(c2ccc3nnc(C4CCC4)n3n2)C1. The first kappa shape index (κ1) is 14.8. The summed E-state index contributed by atoms with van der Waals surface area (Å²) in [5.74, 6) is 2.67. The number of hydrogen-bond acceptors (Lipinski definition) is 6. The molecule has 0 bridgehead atoms. The van der Waals surface area contributed by atoms with Gasteiger partial charge in [0.2, 0.25) is 10.0 Å². The summed E-state index contributed by atoms with van der Waals surface area (Å²) in [7, 11) is -3.12. The highest BCUT2D eigenvalue weighted by Gasteiger charge is 2.30. The van der Waals surface area contributed by atoms with Gasteiger partial charge in [0.05, 0.1) is 6.26 Å². The second-order valence-electron chi connectivity index (χ2n) is 6.54. The van der Waals surface area contributed by atoms with E-state index in [-0.39, 0.29) is 0 Å². The average Bonchev–Trinajstić information content (AvgIpc) is 2.77. The minimum Gasteiger partial charge on any atom is -0.354 e. The van der Waals surface area contributed by atoms with Crippen molar-refractivity contribution in [3.8, 4) is 0 Å². The van der Waals surface area contributed by atoms with Gasteiger partial charge < -0.3 is 4.90 Å². The minimum atomic E-state index is -3.12. The van der Waals surface area contributed by atoms with Crippen LogP contribution in [0.15, 0.2) is 12.1 Å². The van der Waals surface area contributed by atoms with E-state index in [1.807, 2.05) is 16.6 Å². The van der Waals surface area contributed by atoms with Gasteiger partial charge in [0.1, 0.15) is 5.82 Å². The molecule has 4 rings (SSSR count). The van der Waals surface area contributed by atoms with Crippen molar-refractivity contribution in [2.24, 2.45) is 5.92 Å². The van der Waals surface area contributed by atoms with Gasteiger partial charge in [-0.1, -0.05) is 6.42 Å². The van der Waals surface area contributed by atoms with Gasteiger partial charge in [0.25, 0.3) is 0 Å². The summed E-state index contributed by atoms with van der Waals surface area (Å²) >= 11 is 0. The van der Waals surface area contributed by atoms with Gasteiger partial charge in [-0.25, -0.2) is 13.1 Å². The number of rotatable bonds is 5. The van der Waals surface area contributed by atoms with Crippen molar-refractivity contribution in [3.63, 3.8) is 0 Å². The zero-order valence-corrected chi connectivity index (χ0v) is 13.8. The van der Waals surface area contributed by atoms with Crippen LogP contribution < -0.4 is 9.62 Å². The summed E-state index contributed by atoms with van der Waals surface area (Å²) in [5.41, 5.74) is 0.784. The lowest BCUT2D eigenvalue weighted by Gasteiger charge is -2.40. The quantitative estimate of drug-likeness (QED) is 0.848. The minimum absolute atomic E-state index is 0.328. The van der Waals surface area contributed by atoms with Crippen LogP contribution in [-0.4, -0.2) is 54.1 Å². The van der Waals surface area contributed by atoms with Gasteiger partial charge in [-0.3, -0.25) is 0 Å². The number of nitrogens with one attached hydrogen (secondary N) is 1. The lowest BCUT2D eigenvalue weighted by Crippen LogP contribution is -2.51. The van der Waals surface area contributed by atoms with Crippen LogP contribution in [0.5, 0.6) is 0 Å². The first-order chi connectivity index (χ1) is 11.0. The van der Waals surface area contributed by atoms with Crippen LogP contribution in [0.2, 0.25) is 0 Å². The Balaban J connectivity index is 1.46. The number of aromatic nitrogens is 4. The maximum atomic E-state index is 11.1. The van der Waals surface area contributed by atoms with Crippen LogP contribution in [0.4, 0.5) is 5.82 Å². The van der Waals surface area contributed by atoms with Crippen molar-refractivity contribution < 1.29 is 8.42 Å². The third-order valence-electron chi connectivity index (χ3n) is 4.66. The van der Waals surface area contributed by atoms with Crippen LogP contribution in [0.25, 0.3) is 5.65 Å². The Morgan fingerprint density at radius 2 is 2.04 bits per heavy atom. The molecule has 1 saturated heterocycles. The molecule has 0 aromatic carbocycles. The predicted molar refractivity (Wildman–Crippen MR) is 85.9 cm³/mol. The molecule has 2 aliphatic rings. The summed E-state index contributed by atoms with van der Waals surface area (Å²) in [6.07, 6.45) is 4.76. The molecule has 8 nitrogen and oxygen atoms in total. The molecule has 2 fully saturated rings. The number of nitrogens with zero attached hydrogens (tertiary/aromatic N) is 5. The first-order valence-corrected chi connectivity index (χ1v) is 9.81. The molecule has 1 aliphatic carbocycles. The van der Waals surface area contributed by atoms with E-state index in [0.29, 0.717) is 18.4 Å². The third-order valence-corrected chi connectivity index (χ3v) is 5.35. The highest BCUT2D eigenvalue weighted by Crippen LogP contribution is 2.35. The third kappa shape index (κ3) is 2.90. The second-order valence-corrected chi connectivity index (χ2v) is 8.37. The predicted octanol–water partition coefficient (Wildman–Crippen LogP) is 0.377. The lowest BCUT2D eigenvalue weighted by atomic mass is 9.85. The van der Waals surface area contributed by atoms with E-state index in [9.17, 15) is 8.42 Å². The maximum Gasteiger partial charge on any atom is 0.208 e. The Labute approximate surface area is 134 Å². The zero-order chi connectivity index (χ0) is 16.0. The van der Waals surface area contributed by atoms with E-state index in [2.05, 4.69) is 24.9 Å². The number of anilines is 1. The van der Waals surface area contributed by atoms with Crippen LogP contribution >= 0.6 is 0 Å². The van der Waals surface area contributed by atoms with Gasteiger partial charge in [-0.05, 0) is 25.0 Å². The Morgan fingerprint density at radius 3 is 2.70 bits per heavy atom. The van der Waals surface area contributed by atoms with Gasteiger partial charge >= 0.3 is 0 Å². The van der Waals surface area contributed by atoms with E-state index >= 15 is 0 Å². The summed E-state index contributed by atoms with van der Waals surface area (Å²) in [5, 5.41) is 13.2. The van der Waals surface area contributed by atoms with Gasteiger partial charge in [0, 0.05) is 31.5 Å². The summed E-state index contributed by atoms with van der Waals surface area (Å²) < 4.78 is 26.7. The van der Waals surface area contributed by atoms with E-state index in [1.165, 1.54) is 12.7 Å². The standard InChI is InChI=1S/C14H20N6O2S/c1-23(21,22)15-7-10-8-19(9-10)13-6-5-12-16-17-14(20(12)18-13)11-3-2-4-11/h5-6,10-11,15H,2-4,7-9H2,1H3. The molecule has 2 aromatic heterocycles. The first-order valence-electron chi connectivity index (χ1n) is 7.91. The molecule has 0 radical (unpaired) electrons. The molecule has 1 saturated carbocycles. The molecular formula is C14H20N6O2S. The molecule has 2 aromatic rings. The zero-order valence-electron chi connectivity index (χ0n) is 13.0. The average molecular weight is 336 g/mol. The molecular weight excluding hydrogens is 316 g/mol. The highest BCUT2D eigenvalue weighted by molar-refractivity contribution is 7.88. The molecule has 124 valence electrons. The maximum absolute atomic E-state index is 11.1. The largest absolute Gasteiger partial charge is 0.354 e. The van der Waals surface area contributed by atoms with Crippen molar-refractivity contribution in [2.45, 2.75) is 25.2 Å². The van der Waals surface area contributed by atoms with Gasteiger partial charge in [-0.2, -0.15) is 4.52 Å². The molecule has 0 spiro atoms. The highest BCUT2D eigenvalue weighted by atomic mass is 32.2. The van der Waals surface area contributed by atoms with Crippen LogP contribution in [0.3, 0.4) is 0 Å². The van der Waals surface area contributed by atoms with E-state index in [4.69, 9.17) is 0 Å². The molecule has 1 aliphatic heterocycles. The van der Waals surface area contributed by atoms with E-state index in [0.717, 1.165) is 43.2 Å². The smallest absolute Gasteiger partial charge is 0.208 e. The van der Waals surface area contributed by atoms with Crippen LogP contribution in [0, 0.1) is 5.92 Å². The van der Waals surface area contributed by atoms with Gasteiger partial charge in [0.15, 0.2) is 11.5 Å². The Bertz CT molecular complexity index is 823. The molecule has 0 atom stereocenters. The lowest BCUT2D eigenvalue weighted by molar-refractivity contribution is 0.390. The molecule has 3 heterocycles. The number of hydrogen-bond donors (Lipinski definition) is 1. The van der Waals surface area contributed by atoms with Crippen molar-refractivity contribution in [2.75, 3.05) is 30.8 Å². The molecule has 0 amide bonds. The fraction of sp³-hybridized carbons (Fsp3) is 0.643. The monoisotopic (exact) mass is 336 g/mol. The van der Waals surface area contributed by atoms with Crippen molar-refractivity contribution in [1.29, 1.82) is 0 Å². The topological polar surface area (TPSA) is 92.5 Å². The Kier molecular flexibility index (Phi) is 3.49. The summed E-state index contributed by atoms with van der Waals surface area (Å²) in [6, 6.07) is 3.90. The normalized spacial score (nSPS) is 19.8.